The second-order valence-electron chi connectivity index (χ2n) is 5.04. The van der Waals surface area contributed by atoms with E-state index >= 15 is 0 Å². The van der Waals surface area contributed by atoms with E-state index in [0.29, 0.717) is 11.4 Å². The smallest absolute Gasteiger partial charge is 0.251 e. The number of hydrogen-bond donors (Lipinski definition) is 1. The maximum atomic E-state index is 12.2. The molecule has 0 aliphatic rings. The van der Waals surface area contributed by atoms with Crippen molar-refractivity contribution in [3.8, 4) is 5.69 Å². The van der Waals surface area contributed by atoms with Crippen molar-refractivity contribution in [2.24, 2.45) is 0 Å². The fourth-order valence-corrected chi connectivity index (χ4v) is 2.56. The van der Waals surface area contributed by atoms with Crippen molar-refractivity contribution >= 4 is 21.8 Å². The Morgan fingerprint density at radius 3 is 2.83 bits per heavy atom. The minimum Gasteiger partial charge on any atom is -0.345 e. The van der Waals surface area contributed by atoms with Crippen LogP contribution < -0.4 is 5.32 Å². The Kier molecular flexibility index (Phi) is 4.47. The van der Waals surface area contributed by atoms with E-state index in [2.05, 4.69) is 36.8 Å². The van der Waals surface area contributed by atoms with Crippen LogP contribution in [0.2, 0.25) is 0 Å². The zero-order valence-corrected chi connectivity index (χ0v) is 14.0. The van der Waals surface area contributed by atoms with E-state index in [1.807, 2.05) is 49.4 Å². The van der Waals surface area contributed by atoms with Crippen LogP contribution in [0.25, 0.3) is 5.69 Å². The second kappa shape index (κ2) is 6.70. The third kappa shape index (κ3) is 3.62. The maximum Gasteiger partial charge on any atom is 0.251 e. The number of benzene rings is 2. The zero-order chi connectivity index (χ0) is 16.2. The molecule has 3 aromatic rings. The highest BCUT2D eigenvalue weighted by Crippen LogP contribution is 2.15. The van der Waals surface area contributed by atoms with Crippen LogP contribution in [0.1, 0.15) is 21.7 Å². The number of tetrazole rings is 1. The molecule has 0 aliphatic carbocycles. The van der Waals surface area contributed by atoms with Gasteiger partial charge in [0.05, 0.1) is 12.2 Å². The number of aryl methyl sites for hydroxylation is 1. The van der Waals surface area contributed by atoms with Gasteiger partial charge in [0.25, 0.3) is 5.91 Å². The van der Waals surface area contributed by atoms with E-state index in [1.165, 1.54) is 0 Å². The summed E-state index contributed by atoms with van der Waals surface area (Å²) in [5.74, 6) is 0.404. The van der Waals surface area contributed by atoms with Crippen LogP contribution in [-0.4, -0.2) is 26.1 Å². The molecule has 1 amide bonds. The Balaban J connectivity index is 1.75. The molecular weight excluding hydrogens is 358 g/mol. The molecule has 7 heteroatoms. The average molecular weight is 372 g/mol. The van der Waals surface area contributed by atoms with Gasteiger partial charge in [-0.25, -0.2) is 0 Å². The highest BCUT2D eigenvalue weighted by atomic mass is 79.9. The molecule has 3 rings (SSSR count). The predicted molar refractivity (Wildman–Crippen MR) is 89.2 cm³/mol. The van der Waals surface area contributed by atoms with Gasteiger partial charge in [0.1, 0.15) is 0 Å². The zero-order valence-electron chi connectivity index (χ0n) is 12.4. The lowest BCUT2D eigenvalue weighted by atomic mass is 10.1. The van der Waals surface area contributed by atoms with Crippen LogP contribution in [0.15, 0.2) is 53.0 Å². The van der Waals surface area contributed by atoms with Gasteiger partial charge in [-0.1, -0.05) is 39.7 Å². The van der Waals surface area contributed by atoms with Gasteiger partial charge in [-0.2, -0.15) is 4.68 Å². The Morgan fingerprint density at radius 2 is 2.04 bits per heavy atom. The topological polar surface area (TPSA) is 72.7 Å². The minimum atomic E-state index is -0.155. The Bertz CT molecular complexity index is 846. The summed E-state index contributed by atoms with van der Waals surface area (Å²) >= 11 is 3.42. The molecule has 0 bridgehead atoms. The maximum absolute atomic E-state index is 12.2. The largest absolute Gasteiger partial charge is 0.345 e. The quantitative estimate of drug-likeness (QED) is 0.764. The van der Waals surface area contributed by atoms with Gasteiger partial charge >= 0.3 is 0 Å². The van der Waals surface area contributed by atoms with Gasteiger partial charge in [-0.05, 0) is 47.7 Å². The van der Waals surface area contributed by atoms with E-state index in [0.717, 1.165) is 15.7 Å². The Morgan fingerprint density at radius 1 is 1.22 bits per heavy atom. The van der Waals surface area contributed by atoms with Crippen molar-refractivity contribution in [2.45, 2.75) is 13.5 Å². The van der Waals surface area contributed by atoms with Crippen LogP contribution in [0.5, 0.6) is 0 Å². The van der Waals surface area contributed by atoms with E-state index in [9.17, 15) is 4.79 Å². The summed E-state index contributed by atoms with van der Waals surface area (Å²) < 4.78 is 2.53. The van der Waals surface area contributed by atoms with E-state index < -0.39 is 0 Å². The van der Waals surface area contributed by atoms with Gasteiger partial charge in [-0.15, -0.1) is 5.10 Å². The summed E-state index contributed by atoms with van der Waals surface area (Å²) in [6, 6.07) is 15.0. The average Bonchev–Trinajstić information content (AvgIpc) is 3.01. The number of halogens is 1. The first-order valence-electron chi connectivity index (χ1n) is 7.01. The van der Waals surface area contributed by atoms with E-state index in [1.54, 1.807) is 10.7 Å². The standard InChI is InChI=1S/C16H14BrN5O/c1-11-4-2-5-12(8-11)16(23)18-10-15-19-20-21-22(15)14-7-3-6-13(17)9-14/h2-9H,10H2,1H3,(H,18,23). The lowest BCUT2D eigenvalue weighted by Gasteiger charge is -2.07. The Hall–Kier alpha value is -2.54. The molecule has 116 valence electrons. The lowest BCUT2D eigenvalue weighted by molar-refractivity contribution is 0.0949. The Labute approximate surface area is 141 Å². The third-order valence-corrected chi connectivity index (χ3v) is 3.77. The molecule has 6 nitrogen and oxygen atoms in total. The van der Waals surface area contributed by atoms with Gasteiger partial charge in [0.15, 0.2) is 5.82 Å². The molecule has 0 atom stereocenters. The number of carbonyl (C=O) groups excluding carboxylic acids is 1. The number of carbonyl (C=O) groups is 1. The minimum absolute atomic E-state index is 0.155. The normalized spacial score (nSPS) is 10.5. The molecule has 0 saturated heterocycles. The molecule has 0 saturated carbocycles. The first-order chi connectivity index (χ1) is 11.1. The fraction of sp³-hybridized carbons (Fsp3) is 0.125. The van der Waals surface area contributed by atoms with E-state index in [4.69, 9.17) is 0 Å². The molecule has 0 unspecified atom stereocenters. The number of amides is 1. The third-order valence-electron chi connectivity index (χ3n) is 3.27. The monoisotopic (exact) mass is 371 g/mol. The summed E-state index contributed by atoms with van der Waals surface area (Å²) in [6.45, 7) is 2.19. The first-order valence-corrected chi connectivity index (χ1v) is 7.81. The summed E-state index contributed by atoms with van der Waals surface area (Å²) in [7, 11) is 0. The predicted octanol–water partition coefficient (Wildman–Crippen LogP) is 2.66. The van der Waals surface area contributed by atoms with Crippen molar-refractivity contribution in [3.05, 3.63) is 70.0 Å². The van der Waals surface area contributed by atoms with Gasteiger partial charge in [0.2, 0.25) is 0 Å². The molecule has 0 fully saturated rings. The number of aromatic nitrogens is 4. The second-order valence-corrected chi connectivity index (χ2v) is 5.95. The highest BCUT2D eigenvalue weighted by Gasteiger charge is 2.11. The van der Waals surface area contributed by atoms with Gasteiger partial charge in [0, 0.05) is 10.0 Å². The number of nitrogens with one attached hydrogen (secondary N) is 1. The van der Waals surface area contributed by atoms with Crippen molar-refractivity contribution in [1.82, 2.24) is 25.5 Å². The molecule has 0 spiro atoms. The van der Waals surface area contributed by atoms with Crippen LogP contribution in [-0.2, 0) is 6.54 Å². The number of hydrogen-bond acceptors (Lipinski definition) is 4. The van der Waals surface area contributed by atoms with Crippen LogP contribution in [0.3, 0.4) is 0 Å². The molecule has 2 aromatic carbocycles. The van der Waals surface area contributed by atoms with Crippen molar-refractivity contribution < 1.29 is 4.79 Å². The van der Waals surface area contributed by atoms with E-state index in [-0.39, 0.29) is 12.5 Å². The van der Waals surface area contributed by atoms with Crippen LogP contribution in [0.4, 0.5) is 0 Å². The summed E-state index contributed by atoms with van der Waals surface area (Å²) in [6.07, 6.45) is 0. The molecule has 1 N–H and O–H groups in total. The highest BCUT2D eigenvalue weighted by molar-refractivity contribution is 9.10. The number of rotatable bonds is 4. The van der Waals surface area contributed by atoms with Gasteiger partial charge in [-0.3, -0.25) is 4.79 Å². The van der Waals surface area contributed by atoms with Crippen LogP contribution >= 0.6 is 15.9 Å². The molecule has 0 aliphatic heterocycles. The molecule has 23 heavy (non-hydrogen) atoms. The summed E-state index contributed by atoms with van der Waals surface area (Å²) in [5, 5.41) is 14.5. The molecule has 0 radical (unpaired) electrons. The van der Waals surface area contributed by atoms with Crippen molar-refractivity contribution in [3.63, 3.8) is 0 Å². The van der Waals surface area contributed by atoms with Crippen molar-refractivity contribution in [2.75, 3.05) is 0 Å². The lowest BCUT2D eigenvalue weighted by Crippen LogP contribution is -2.24. The van der Waals surface area contributed by atoms with Crippen LogP contribution in [0, 0.1) is 6.92 Å². The summed E-state index contributed by atoms with van der Waals surface area (Å²) in [4.78, 5) is 12.2. The SMILES string of the molecule is Cc1cccc(C(=O)NCc2nnnn2-c2cccc(Br)c2)c1. The fourth-order valence-electron chi connectivity index (χ4n) is 2.17. The number of nitrogens with zero attached hydrogens (tertiary/aromatic N) is 4. The molecule has 1 heterocycles. The molecular formula is C16H14BrN5O. The first kappa shape index (κ1) is 15.4. The van der Waals surface area contributed by atoms with Gasteiger partial charge < -0.3 is 5.32 Å². The van der Waals surface area contributed by atoms with Crippen molar-refractivity contribution in [1.29, 1.82) is 0 Å². The summed E-state index contributed by atoms with van der Waals surface area (Å²) in [5.41, 5.74) is 2.48. The molecule has 1 aromatic heterocycles.